The first kappa shape index (κ1) is 19.1. The molecule has 9 heteroatoms. The zero-order chi connectivity index (χ0) is 20.4. The molecule has 0 spiro atoms. The van der Waals surface area contributed by atoms with Crippen LogP contribution in [0.5, 0.6) is 5.75 Å². The van der Waals surface area contributed by atoms with Crippen LogP contribution in [0, 0.1) is 6.92 Å². The van der Waals surface area contributed by atoms with Gasteiger partial charge in [0, 0.05) is 19.0 Å². The molecule has 0 aliphatic carbocycles. The molecule has 1 amide bonds. The Morgan fingerprint density at radius 1 is 1.38 bits per heavy atom. The number of hydrogen-bond donors (Lipinski definition) is 0. The number of rotatable bonds is 6. The van der Waals surface area contributed by atoms with Crippen molar-refractivity contribution in [3.63, 3.8) is 0 Å². The maximum Gasteiger partial charge on any atom is 0.280 e. The van der Waals surface area contributed by atoms with E-state index in [9.17, 15) is 4.79 Å². The summed E-state index contributed by atoms with van der Waals surface area (Å²) in [5, 5.41) is 12.3. The zero-order valence-electron chi connectivity index (χ0n) is 16.8. The second kappa shape index (κ2) is 8.02. The lowest BCUT2D eigenvalue weighted by atomic mass is 10.2. The minimum Gasteiger partial charge on any atom is -0.484 e. The highest BCUT2D eigenvalue weighted by molar-refractivity contribution is 5.78. The van der Waals surface area contributed by atoms with Gasteiger partial charge >= 0.3 is 0 Å². The summed E-state index contributed by atoms with van der Waals surface area (Å²) in [6.07, 6.45) is 2.60. The lowest BCUT2D eigenvalue weighted by Gasteiger charge is -2.17. The molecule has 1 fully saturated rings. The van der Waals surface area contributed by atoms with Crippen LogP contribution >= 0.6 is 0 Å². The largest absolute Gasteiger partial charge is 0.484 e. The first-order valence-electron chi connectivity index (χ1n) is 9.72. The van der Waals surface area contributed by atoms with Crippen LogP contribution in [0.4, 0.5) is 0 Å². The van der Waals surface area contributed by atoms with E-state index in [4.69, 9.17) is 9.26 Å². The average Bonchev–Trinajstić information content (AvgIpc) is 3.45. The van der Waals surface area contributed by atoms with Gasteiger partial charge in [-0.25, -0.2) is 4.68 Å². The number of ether oxygens (including phenoxy) is 1. The molecule has 3 aromatic rings. The minimum atomic E-state index is -0.0344. The highest BCUT2D eigenvalue weighted by atomic mass is 16.5. The summed E-state index contributed by atoms with van der Waals surface area (Å²) in [5.74, 6) is 1.85. The standard InChI is InChI=1S/C20H24N6O3/c1-13(2)19-21-20(29-23-19)17-11-26(24-22-17)15-7-8-25(10-15)18(27)12-28-16-6-4-5-14(3)9-16/h4-6,9,11,13,15H,7-8,10,12H2,1-3H3/t15-/m0/s1. The molecule has 1 aliphatic rings. The Morgan fingerprint density at radius 3 is 3.00 bits per heavy atom. The van der Waals surface area contributed by atoms with Crippen LogP contribution in [-0.2, 0) is 4.79 Å². The average molecular weight is 396 g/mol. The van der Waals surface area contributed by atoms with Crippen molar-refractivity contribution in [2.75, 3.05) is 19.7 Å². The Morgan fingerprint density at radius 2 is 2.24 bits per heavy atom. The van der Waals surface area contributed by atoms with Crippen molar-refractivity contribution in [2.24, 2.45) is 0 Å². The molecule has 0 N–H and O–H groups in total. The Hall–Kier alpha value is -3.23. The third kappa shape index (κ3) is 4.28. The summed E-state index contributed by atoms with van der Waals surface area (Å²) in [7, 11) is 0. The molecule has 152 valence electrons. The van der Waals surface area contributed by atoms with E-state index >= 15 is 0 Å². The maximum atomic E-state index is 12.5. The fraction of sp³-hybridized carbons (Fsp3) is 0.450. The second-order valence-corrected chi connectivity index (χ2v) is 7.58. The number of aryl methyl sites for hydroxylation is 1. The molecular weight excluding hydrogens is 372 g/mol. The minimum absolute atomic E-state index is 0.0265. The monoisotopic (exact) mass is 396 g/mol. The summed E-state index contributed by atoms with van der Waals surface area (Å²) in [4.78, 5) is 18.6. The number of carbonyl (C=O) groups is 1. The molecule has 29 heavy (non-hydrogen) atoms. The molecule has 1 saturated heterocycles. The number of amides is 1. The highest BCUT2D eigenvalue weighted by Crippen LogP contribution is 2.24. The van der Waals surface area contributed by atoms with Crippen LogP contribution in [-0.4, -0.2) is 55.6 Å². The lowest BCUT2D eigenvalue weighted by Crippen LogP contribution is -2.33. The van der Waals surface area contributed by atoms with Gasteiger partial charge in [-0.05, 0) is 31.0 Å². The van der Waals surface area contributed by atoms with Crippen LogP contribution in [0.25, 0.3) is 11.6 Å². The molecule has 3 heterocycles. The van der Waals surface area contributed by atoms with Crippen LogP contribution in [0.1, 0.15) is 43.6 Å². The quantitative estimate of drug-likeness (QED) is 0.631. The number of carbonyl (C=O) groups excluding carboxylic acids is 1. The third-order valence-corrected chi connectivity index (χ3v) is 4.93. The van der Waals surface area contributed by atoms with E-state index < -0.39 is 0 Å². The van der Waals surface area contributed by atoms with Crippen molar-refractivity contribution in [1.29, 1.82) is 0 Å². The third-order valence-electron chi connectivity index (χ3n) is 4.93. The van der Waals surface area contributed by atoms with Crippen LogP contribution < -0.4 is 4.74 Å². The van der Waals surface area contributed by atoms with Crippen molar-refractivity contribution >= 4 is 5.91 Å². The van der Waals surface area contributed by atoms with E-state index in [0.29, 0.717) is 36.2 Å². The molecule has 0 unspecified atom stereocenters. The summed E-state index contributed by atoms with van der Waals surface area (Å²) < 4.78 is 12.7. The van der Waals surface area contributed by atoms with Gasteiger partial charge in [0.25, 0.3) is 11.8 Å². The van der Waals surface area contributed by atoms with E-state index in [1.165, 1.54) is 0 Å². The Labute approximate surface area is 168 Å². The summed E-state index contributed by atoms with van der Waals surface area (Å²) >= 11 is 0. The fourth-order valence-corrected chi connectivity index (χ4v) is 3.25. The highest BCUT2D eigenvalue weighted by Gasteiger charge is 2.29. The predicted octanol–water partition coefficient (Wildman–Crippen LogP) is 2.61. The Bertz CT molecular complexity index is 996. The molecule has 1 atom stereocenters. The molecule has 2 aromatic heterocycles. The molecule has 0 bridgehead atoms. The van der Waals surface area contributed by atoms with Crippen molar-refractivity contribution in [3.05, 3.63) is 41.9 Å². The van der Waals surface area contributed by atoms with E-state index in [2.05, 4.69) is 20.5 Å². The Kier molecular flexibility index (Phi) is 5.28. The maximum absolute atomic E-state index is 12.5. The molecule has 0 saturated carbocycles. The van der Waals surface area contributed by atoms with Gasteiger partial charge in [-0.1, -0.05) is 36.4 Å². The fourth-order valence-electron chi connectivity index (χ4n) is 3.25. The SMILES string of the molecule is Cc1cccc(OCC(=O)N2CC[C@H](n3cc(-c4nc(C(C)C)no4)nn3)C2)c1. The van der Waals surface area contributed by atoms with Gasteiger partial charge in [0.2, 0.25) is 0 Å². The summed E-state index contributed by atoms with van der Waals surface area (Å²) in [6, 6.07) is 7.73. The smallest absolute Gasteiger partial charge is 0.280 e. The van der Waals surface area contributed by atoms with Crippen molar-refractivity contribution in [2.45, 2.75) is 39.2 Å². The lowest BCUT2D eigenvalue weighted by molar-refractivity contribution is -0.132. The molecule has 4 rings (SSSR count). The van der Waals surface area contributed by atoms with Crippen LogP contribution in [0.3, 0.4) is 0 Å². The molecular formula is C20H24N6O3. The van der Waals surface area contributed by atoms with Gasteiger partial charge in [-0.2, -0.15) is 4.98 Å². The predicted molar refractivity (Wildman–Crippen MR) is 104 cm³/mol. The number of hydrogen-bond acceptors (Lipinski definition) is 7. The van der Waals surface area contributed by atoms with E-state index in [-0.39, 0.29) is 24.5 Å². The van der Waals surface area contributed by atoms with Crippen molar-refractivity contribution in [1.82, 2.24) is 30.0 Å². The van der Waals surface area contributed by atoms with Crippen molar-refractivity contribution in [3.8, 4) is 17.3 Å². The molecule has 1 aromatic carbocycles. The van der Waals surface area contributed by atoms with Crippen LogP contribution in [0.15, 0.2) is 35.0 Å². The van der Waals surface area contributed by atoms with E-state index in [1.807, 2.05) is 45.0 Å². The van der Waals surface area contributed by atoms with Crippen molar-refractivity contribution < 1.29 is 14.1 Å². The van der Waals surface area contributed by atoms with E-state index in [1.54, 1.807) is 15.8 Å². The number of aromatic nitrogens is 5. The normalized spacial score (nSPS) is 16.6. The van der Waals surface area contributed by atoms with Gasteiger partial charge in [0.1, 0.15) is 5.75 Å². The Balaban J connectivity index is 1.34. The first-order valence-corrected chi connectivity index (χ1v) is 9.72. The van der Waals surface area contributed by atoms with Gasteiger partial charge < -0.3 is 14.2 Å². The van der Waals surface area contributed by atoms with Gasteiger partial charge in [-0.3, -0.25) is 4.79 Å². The number of nitrogens with zero attached hydrogens (tertiary/aromatic N) is 6. The summed E-state index contributed by atoms with van der Waals surface area (Å²) in [5.41, 5.74) is 1.64. The summed E-state index contributed by atoms with van der Waals surface area (Å²) in [6.45, 7) is 7.24. The van der Waals surface area contributed by atoms with Gasteiger partial charge in [0.05, 0.1) is 12.2 Å². The zero-order valence-corrected chi connectivity index (χ0v) is 16.8. The first-order chi connectivity index (χ1) is 14.0. The topological polar surface area (TPSA) is 99.2 Å². The number of likely N-dealkylation sites (tertiary alicyclic amines) is 1. The molecule has 1 aliphatic heterocycles. The van der Waals surface area contributed by atoms with Gasteiger partial charge in [-0.15, -0.1) is 5.10 Å². The molecule has 9 nitrogen and oxygen atoms in total. The van der Waals surface area contributed by atoms with E-state index in [0.717, 1.165) is 12.0 Å². The van der Waals surface area contributed by atoms with Gasteiger partial charge in [0.15, 0.2) is 18.1 Å². The molecule has 0 radical (unpaired) electrons. The second-order valence-electron chi connectivity index (χ2n) is 7.58. The van der Waals surface area contributed by atoms with Crippen LogP contribution in [0.2, 0.25) is 0 Å². The number of benzene rings is 1.